The van der Waals surface area contributed by atoms with Gasteiger partial charge < -0.3 is 20.5 Å². The summed E-state index contributed by atoms with van der Waals surface area (Å²) in [7, 11) is 0. The number of aromatic nitrogens is 2. The summed E-state index contributed by atoms with van der Waals surface area (Å²) in [6, 6.07) is 0. The molecule has 3 heterocycles. The Kier molecular flexibility index (Phi) is 4.42. The first-order valence-corrected chi connectivity index (χ1v) is 8.43. The summed E-state index contributed by atoms with van der Waals surface area (Å²) >= 11 is 5.84. The minimum Gasteiger partial charge on any atom is -0.340 e. The van der Waals surface area contributed by atoms with Gasteiger partial charge in [-0.1, -0.05) is 18.2 Å². The molecule has 1 fully saturated rings. The number of fused-ring (bicyclic) bond motifs is 1. The number of thiol groups is 1. The Bertz CT molecular complexity index is 486. The molecule has 1 amide bonds. The third-order valence-electron chi connectivity index (χ3n) is 3.55. The minimum absolute atomic E-state index is 0.158. The van der Waals surface area contributed by atoms with Gasteiger partial charge in [-0.3, -0.25) is 4.79 Å². The van der Waals surface area contributed by atoms with Crippen molar-refractivity contribution >= 4 is 36.1 Å². The maximum Gasteiger partial charge on any atom is 0.273 e. The number of amides is 1. The van der Waals surface area contributed by atoms with E-state index in [1.807, 2.05) is 0 Å². The Hall–Kier alpha value is -0.860. The zero-order valence-corrected chi connectivity index (χ0v) is 12.9. The number of hydrogen-bond donors (Lipinski definition) is 4. The van der Waals surface area contributed by atoms with E-state index in [1.54, 1.807) is 11.8 Å². The van der Waals surface area contributed by atoms with Crippen LogP contribution in [-0.4, -0.2) is 51.7 Å². The number of likely N-dealkylation sites (tertiary alicyclic amines) is 1. The van der Waals surface area contributed by atoms with Gasteiger partial charge in [-0.05, 0) is 25.9 Å². The fourth-order valence-corrected chi connectivity index (χ4v) is 3.62. The summed E-state index contributed by atoms with van der Waals surface area (Å²) in [4.78, 5) is 21.7. The van der Waals surface area contributed by atoms with Gasteiger partial charge in [0.15, 0.2) is 11.0 Å². The Morgan fingerprint density at radius 3 is 2.90 bits per heavy atom. The number of piperidine rings is 1. The molecule has 2 aliphatic rings. The topological polar surface area (TPSA) is 73.1 Å². The first-order chi connectivity index (χ1) is 9.72. The van der Waals surface area contributed by atoms with Crippen LogP contribution in [0.4, 0.5) is 5.82 Å². The second-order valence-electron chi connectivity index (χ2n) is 5.04. The molecule has 0 radical (unpaired) electrons. The van der Waals surface area contributed by atoms with E-state index in [-0.39, 0.29) is 11.4 Å². The maximum absolute atomic E-state index is 11.7. The van der Waals surface area contributed by atoms with Crippen molar-refractivity contribution in [2.75, 3.05) is 30.7 Å². The number of aromatic amines is 1. The lowest BCUT2D eigenvalue weighted by molar-refractivity contribution is 0.0944. The molecule has 1 atom stereocenters. The maximum atomic E-state index is 11.7. The van der Waals surface area contributed by atoms with Crippen LogP contribution < -0.4 is 10.6 Å². The van der Waals surface area contributed by atoms with E-state index in [1.165, 1.54) is 32.4 Å². The monoisotopic (exact) mass is 313 g/mol. The average Bonchev–Trinajstić information content (AvgIpc) is 2.83. The number of thioether (sulfide) groups is 1. The summed E-state index contributed by atoms with van der Waals surface area (Å²) in [6.07, 6.45) is 3.99. The molecule has 20 heavy (non-hydrogen) atoms. The fraction of sp³-hybridized carbons (Fsp3) is 0.667. The molecule has 8 heteroatoms. The zero-order valence-electron chi connectivity index (χ0n) is 11.2. The Balaban J connectivity index is 1.53. The number of nitrogens with one attached hydrogen (secondary N) is 3. The van der Waals surface area contributed by atoms with E-state index in [2.05, 4.69) is 38.1 Å². The van der Waals surface area contributed by atoms with Crippen molar-refractivity contribution in [1.82, 2.24) is 20.2 Å². The molecule has 0 saturated carbocycles. The molecule has 1 unspecified atom stereocenters. The van der Waals surface area contributed by atoms with Crippen molar-refractivity contribution in [1.29, 1.82) is 0 Å². The number of H-pyrrole nitrogens is 1. The van der Waals surface area contributed by atoms with E-state index in [9.17, 15) is 4.79 Å². The van der Waals surface area contributed by atoms with Gasteiger partial charge in [-0.2, -0.15) is 0 Å². The molecule has 0 aliphatic carbocycles. The number of imidazole rings is 1. The molecule has 1 saturated heterocycles. The zero-order chi connectivity index (χ0) is 13.9. The van der Waals surface area contributed by atoms with Gasteiger partial charge in [-0.25, -0.2) is 4.98 Å². The molecular formula is C12H19N5OS2. The summed E-state index contributed by atoms with van der Waals surface area (Å²) in [5, 5.41) is 6.49. The smallest absolute Gasteiger partial charge is 0.273 e. The molecule has 1 aromatic rings. The van der Waals surface area contributed by atoms with Crippen molar-refractivity contribution in [3.63, 3.8) is 0 Å². The number of carbonyl (C=O) groups excluding carboxylic acids is 1. The second kappa shape index (κ2) is 6.28. The lowest BCUT2D eigenvalue weighted by Crippen LogP contribution is -2.41. The van der Waals surface area contributed by atoms with Gasteiger partial charge in [0.1, 0.15) is 11.2 Å². The van der Waals surface area contributed by atoms with Crippen molar-refractivity contribution in [3.8, 4) is 0 Å². The Morgan fingerprint density at radius 2 is 2.10 bits per heavy atom. The molecule has 0 spiro atoms. The fourth-order valence-electron chi connectivity index (χ4n) is 2.50. The van der Waals surface area contributed by atoms with Gasteiger partial charge in [0, 0.05) is 12.3 Å². The number of rotatable bonds is 4. The lowest BCUT2D eigenvalue weighted by atomic mass is 10.1. The summed E-state index contributed by atoms with van der Waals surface area (Å²) < 4.78 is 0. The van der Waals surface area contributed by atoms with Gasteiger partial charge >= 0.3 is 0 Å². The summed E-state index contributed by atoms with van der Waals surface area (Å²) in [5.41, 5.74) is 0.125. The highest BCUT2D eigenvalue weighted by Gasteiger charge is 2.25. The number of hydrogen-bond acceptors (Lipinski definition) is 6. The molecular weight excluding hydrogens is 294 g/mol. The predicted molar refractivity (Wildman–Crippen MR) is 83.5 cm³/mol. The third kappa shape index (κ3) is 3.24. The van der Waals surface area contributed by atoms with Crippen LogP contribution in [0, 0.1) is 0 Å². The highest BCUT2D eigenvalue weighted by molar-refractivity contribution is 7.99. The minimum atomic E-state index is -0.371. The second-order valence-corrected chi connectivity index (χ2v) is 6.64. The van der Waals surface area contributed by atoms with Crippen LogP contribution in [0.2, 0.25) is 0 Å². The molecule has 0 bridgehead atoms. The van der Waals surface area contributed by atoms with Crippen molar-refractivity contribution < 1.29 is 4.79 Å². The van der Waals surface area contributed by atoms with Crippen molar-refractivity contribution in [2.24, 2.45) is 0 Å². The molecule has 6 nitrogen and oxygen atoms in total. The summed E-state index contributed by atoms with van der Waals surface area (Å²) in [6.45, 7) is 3.49. The quantitative estimate of drug-likeness (QED) is 0.499. The first-order valence-electron chi connectivity index (χ1n) is 6.93. The molecule has 110 valence electrons. The highest BCUT2D eigenvalue weighted by Crippen LogP contribution is 2.24. The molecule has 1 aromatic heterocycles. The SMILES string of the molecule is O=C1NC(S)Nc2nc(SCCN3CCCCC3)[nH]c21. The number of nitrogens with zero attached hydrogens (tertiary/aromatic N) is 2. The van der Waals surface area contributed by atoms with Crippen LogP contribution in [0.15, 0.2) is 5.16 Å². The van der Waals surface area contributed by atoms with E-state index in [4.69, 9.17) is 0 Å². The standard InChI is InChI=1S/C12H19N5OS2/c18-10-8-9(14-11(19)16-10)15-12(13-8)20-7-6-17-4-2-1-3-5-17/h11,14,19H,1-7H2,(H,13,15)(H,16,18). The van der Waals surface area contributed by atoms with Crippen LogP contribution >= 0.6 is 24.4 Å². The van der Waals surface area contributed by atoms with Gasteiger partial charge in [0.25, 0.3) is 5.91 Å². The molecule has 3 N–H and O–H groups in total. The van der Waals surface area contributed by atoms with Crippen LogP contribution in [0.25, 0.3) is 0 Å². The lowest BCUT2D eigenvalue weighted by Gasteiger charge is -2.25. The van der Waals surface area contributed by atoms with Crippen LogP contribution in [0.3, 0.4) is 0 Å². The average molecular weight is 313 g/mol. The van der Waals surface area contributed by atoms with Crippen molar-refractivity contribution in [2.45, 2.75) is 29.9 Å². The number of carbonyl (C=O) groups is 1. The third-order valence-corrected chi connectivity index (χ3v) is 4.66. The van der Waals surface area contributed by atoms with Gasteiger partial charge in [-0.15, -0.1) is 12.6 Å². The van der Waals surface area contributed by atoms with Gasteiger partial charge in [0.05, 0.1) is 0 Å². The van der Waals surface area contributed by atoms with Crippen LogP contribution in [0.1, 0.15) is 29.8 Å². The van der Waals surface area contributed by atoms with E-state index < -0.39 is 0 Å². The van der Waals surface area contributed by atoms with E-state index in [0.717, 1.165) is 17.5 Å². The normalized spacial score (nSPS) is 23.1. The van der Waals surface area contributed by atoms with Gasteiger partial charge in [0.2, 0.25) is 0 Å². The molecule has 0 aromatic carbocycles. The largest absolute Gasteiger partial charge is 0.340 e. The number of anilines is 1. The molecule has 3 rings (SSSR count). The Morgan fingerprint density at radius 1 is 1.30 bits per heavy atom. The van der Waals surface area contributed by atoms with Crippen molar-refractivity contribution in [3.05, 3.63) is 5.69 Å². The summed E-state index contributed by atoms with van der Waals surface area (Å²) in [5.74, 6) is 1.42. The Labute approximate surface area is 127 Å². The highest BCUT2D eigenvalue weighted by atomic mass is 32.2. The van der Waals surface area contributed by atoms with Crippen LogP contribution in [-0.2, 0) is 0 Å². The molecule has 2 aliphatic heterocycles. The van der Waals surface area contributed by atoms with E-state index >= 15 is 0 Å². The van der Waals surface area contributed by atoms with Crippen LogP contribution in [0.5, 0.6) is 0 Å². The first kappa shape index (κ1) is 14.1. The predicted octanol–water partition coefficient (Wildman–Crippen LogP) is 1.36. The van der Waals surface area contributed by atoms with E-state index in [0.29, 0.717) is 11.5 Å².